The molecule has 2 N–H and O–H groups in total. The van der Waals surface area contributed by atoms with Crippen LogP contribution in [0.5, 0.6) is 0 Å². The molecule has 19 heavy (non-hydrogen) atoms. The second-order valence-corrected chi connectivity index (χ2v) is 5.53. The van der Waals surface area contributed by atoms with Crippen molar-refractivity contribution in [2.75, 3.05) is 5.32 Å². The van der Waals surface area contributed by atoms with E-state index in [-0.39, 0.29) is 17.9 Å². The van der Waals surface area contributed by atoms with E-state index in [1.807, 2.05) is 0 Å². The lowest BCUT2D eigenvalue weighted by atomic mass is 9.87. The SMILES string of the molecule is Cc1cc(F)ccc1NC(=O)N[C@@H]1CCC[C@@H](C)C1. The molecule has 2 rings (SSSR count). The summed E-state index contributed by atoms with van der Waals surface area (Å²) in [6, 6.07) is 4.41. The van der Waals surface area contributed by atoms with Gasteiger partial charge < -0.3 is 10.6 Å². The average Bonchev–Trinajstić information content (AvgIpc) is 2.33. The van der Waals surface area contributed by atoms with Gasteiger partial charge in [-0.15, -0.1) is 0 Å². The van der Waals surface area contributed by atoms with Gasteiger partial charge in [0.15, 0.2) is 0 Å². The van der Waals surface area contributed by atoms with E-state index in [1.54, 1.807) is 13.0 Å². The lowest BCUT2D eigenvalue weighted by Gasteiger charge is -2.27. The summed E-state index contributed by atoms with van der Waals surface area (Å²) in [7, 11) is 0. The Balaban J connectivity index is 1.90. The first kappa shape index (κ1) is 13.8. The summed E-state index contributed by atoms with van der Waals surface area (Å²) in [4.78, 5) is 11.9. The van der Waals surface area contributed by atoms with Gasteiger partial charge >= 0.3 is 6.03 Å². The highest BCUT2D eigenvalue weighted by Crippen LogP contribution is 2.23. The maximum absolute atomic E-state index is 13.0. The molecule has 2 amide bonds. The Morgan fingerprint density at radius 2 is 2.16 bits per heavy atom. The number of halogens is 1. The molecular weight excluding hydrogens is 243 g/mol. The summed E-state index contributed by atoms with van der Waals surface area (Å²) in [5, 5.41) is 5.78. The third-order valence-corrected chi connectivity index (χ3v) is 3.71. The number of carbonyl (C=O) groups excluding carboxylic acids is 1. The lowest BCUT2D eigenvalue weighted by molar-refractivity contribution is 0.238. The molecule has 1 fully saturated rings. The molecule has 0 unspecified atom stereocenters. The molecule has 1 aliphatic carbocycles. The van der Waals surface area contributed by atoms with Gasteiger partial charge in [0.25, 0.3) is 0 Å². The van der Waals surface area contributed by atoms with Gasteiger partial charge in [0.05, 0.1) is 0 Å². The van der Waals surface area contributed by atoms with E-state index >= 15 is 0 Å². The average molecular weight is 264 g/mol. The molecule has 3 nitrogen and oxygen atoms in total. The monoisotopic (exact) mass is 264 g/mol. The number of hydrogen-bond acceptors (Lipinski definition) is 1. The Morgan fingerprint density at radius 1 is 1.37 bits per heavy atom. The largest absolute Gasteiger partial charge is 0.335 e. The minimum absolute atomic E-state index is 0.200. The summed E-state index contributed by atoms with van der Waals surface area (Å²) < 4.78 is 13.0. The minimum Gasteiger partial charge on any atom is -0.335 e. The van der Waals surface area contributed by atoms with Crippen LogP contribution < -0.4 is 10.6 Å². The smallest absolute Gasteiger partial charge is 0.319 e. The standard InChI is InChI=1S/C15H21FN2O/c1-10-4-3-5-13(8-10)17-15(19)18-14-7-6-12(16)9-11(14)2/h6-7,9-10,13H,3-5,8H2,1-2H3,(H2,17,18,19)/t10-,13-/m1/s1. The first-order chi connectivity index (χ1) is 9.04. The molecule has 1 aromatic rings. The molecule has 0 aliphatic heterocycles. The molecule has 0 spiro atoms. The van der Waals surface area contributed by atoms with Crippen LogP contribution >= 0.6 is 0 Å². The van der Waals surface area contributed by atoms with Crippen LogP contribution in [-0.2, 0) is 0 Å². The summed E-state index contributed by atoms with van der Waals surface area (Å²) in [6.45, 7) is 4.00. The first-order valence-corrected chi connectivity index (χ1v) is 6.88. The molecule has 0 saturated heterocycles. The number of nitrogens with one attached hydrogen (secondary N) is 2. The van der Waals surface area contributed by atoms with E-state index in [0.29, 0.717) is 11.6 Å². The van der Waals surface area contributed by atoms with Crippen molar-refractivity contribution < 1.29 is 9.18 Å². The van der Waals surface area contributed by atoms with Gasteiger partial charge in [-0.3, -0.25) is 0 Å². The highest BCUT2D eigenvalue weighted by Gasteiger charge is 2.20. The first-order valence-electron chi connectivity index (χ1n) is 6.88. The third kappa shape index (κ3) is 3.94. The highest BCUT2D eigenvalue weighted by atomic mass is 19.1. The van der Waals surface area contributed by atoms with Crippen molar-refractivity contribution in [3.8, 4) is 0 Å². The number of rotatable bonds is 2. The number of urea groups is 1. The predicted octanol–water partition coefficient (Wildman–Crippen LogP) is 3.83. The second kappa shape index (κ2) is 6.04. The number of carbonyl (C=O) groups is 1. The number of hydrogen-bond donors (Lipinski definition) is 2. The zero-order chi connectivity index (χ0) is 13.8. The van der Waals surface area contributed by atoms with Crippen LogP contribution in [0.25, 0.3) is 0 Å². The molecule has 1 aromatic carbocycles. The van der Waals surface area contributed by atoms with Crippen LogP contribution in [0.1, 0.15) is 38.2 Å². The Kier molecular flexibility index (Phi) is 4.40. The van der Waals surface area contributed by atoms with Crippen LogP contribution in [0, 0.1) is 18.7 Å². The van der Waals surface area contributed by atoms with Crippen LogP contribution in [-0.4, -0.2) is 12.1 Å². The third-order valence-electron chi connectivity index (χ3n) is 3.71. The number of amides is 2. The van der Waals surface area contributed by atoms with Crippen LogP contribution in [0.15, 0.2) is 18.2 Å². The van der Waals surface area contributed by atoms with Gasteiger partial charge in [-0.2, -0.15) is 0 Å². The highest BCUT2D eigenvalue weighted by molar-refractivity contribution is 5.90. The Hall–Kier alpha value is -1.58. The number of benzene rings is 1. The van der Waals surface area contributed by atoms with Gasteiger partial charge in [-0.25, -0.2) is 9.18 Å². The summed E-state index contributed by atoms with van der Waals surface area (Å²) in [5.41, 5.74) is 1.38. The number of anilines is 1. The molecule has 0 bridgehead atoms. The van der Waals surface area contributed by atoms with Crippen LogP contribution in [0.4, 0.5) is 14.9 Å². The quantitative estimate of drug-likeness (QED) is 0.837. The fraction of sp³-hybridized carbons (Fsp3) is 0.533. The van der Waals surface area contributed by atoms with Crippen molar-refractivity contribution in [2.24, 2.45) is 5.92 Å². The van der Waals surface area contributed by atoms with E-state index in [4.69, 9.17) is 0 Å². The minimum atomic E-state index is -0.287. The maximum atomic E-state index is 13.0. The Morgan fingerprint density at radius 3 is 2.84 bits per heavy atom. The molecule has 0 heterocycles. The molecule has 0 aromatic heterocycles. The summed E-state index contributed by atoms with van der Waals surface area (Å²) >= 11 is 0. The van der Waals surface area contributed by atoms with Crippen molar-refractivity contribution >= 4 is 11.7 Å². The van der Waals surface area contributed by atoms with E-state index in [0.717, 1.165) is 18.4 Å². The van der Waals surface area contributed by atoms with Crippen molar-refractivity contribution in [3.05, 3.63) is 29.6 Å². The predicted molar refractivity (Wildman–Crippen MR) is 74.7 cm³/mol. The molecule has 104 valence electrons. The number of aryl methyl sites for hydroxylation is 1. The van der Waals surface area contributed by atoms with Crippen molar-refractivity contribution in [1.82, 2.24) is 5.32 Å². The second-order valence-electron chi connectivity index (χ2n) is 5.53. The van der Waals surface area contributed by atoms with Crippen molar-refractivity contribution in [2.45, 2.75) is 45.6 Å². The van der Waals surface area contributed by atoms with E-state index in [1.165, 1.54) is 25.0 Å². The van der Waals surface area contributed by atoms with Gasteiger partial charge in [0.1, 0.15) is 5.82 Å². The van der Waals surface area contributed by atoms with Gasteiger partial charge in [0.2, 0.25) is 0 Å². The molecule has 2 atom stereocenters. The Labute approximate surface area is 113 Å². The van der Waals surface area contributed by atoms with Gasteiger partial charge in [-0.05, 0) is 49.4 Å². The summed E-state index contributed by atoms with van der Waals surface area (Å²) in [5.74, 6) is 0.385. The van der Waals surface area contributed by atoms with Crippen LogP contribution in [0.2, 0.25) is 0 Å². The molecule has 4 heteroatoms. The van der Waals surface area contributed by atoms with E-state index in [2.05, 4.69) is 17.6 Å². The zero-order valence-electron chi connectivity index (χ0n) is 11.5. The maximum Gasteiger partial charge on any atom is 0.319 e. The fourth-order valence-electron chi connectivity index (χ4n) is 2.68. The normalized spacial score (nSPS) is 22.9. The van der Waals surface area contributed by atoms with Crippen molar-refractivity contribution in [3.63, 3.8) is 0 Å². The lowest BCUT2D eigenvalue weighted by Crippen LogP contribution is -2.40. The van der Waals surface area contributed by atoms with Crippen LogP contribution in [0.3, 0.4) is 0 Å². The molecular formula is C15H21FN2O. The molecule has 0 radical (unpaired) electrons. The molecule has 1 aliphatic rings. The van der Waals surface area contributed by atoms with E-state index < -0.39 is 0 Å². The van der Waals surface area contributed by atoms with Crippen molar-refractivity contribution in [1.29, 1.82) is 0 Å². The fourth-order valence-corrected chi connectivity index (χ4v) is 2.68. The topological polar surface area (TPSA) is 41.1 Å². The zero-order valence-corrected chi connectivity index (χ0v) is 11.5. The van der Waals surface area contributed by atoms with E-state index in [9.17, 15) is 9.18 Å². The van der Waals surface area contributed by atoms with Gasteiger partial charge in [-0.1, -0.05) is 19.8 Å². The van der Waals surface area contributed by atoms with Gasteiger partial charge in [0, 0.05) is 11.7 Å². The molecule has 1 saturated carbocycles. The Bertz CT molecular complexity index is 461. The summed E-state index contributed by atoms with van der Waals surface area (Å²) in [6.07, 6.45) is 4.49.